The van der Waals surface area contributed by atoms with Crippen molar-refractivity contribution < 1.29 is 9.59 Å². The number of carbonyl (C=O) groups excluding carboxylic acids is 2. The molecular formula is C20H11ClN4O4. The van der Waals surface area contributed by atoms with Gasteiger partial charge in [0.1, 0.15) is 5.82 Å². The average molecular weight is 407 g/mol. The van der Waals surface area contributed by atoms with Crippen LogP contribution in [0.1, 0.15) is 20.7 Å². The number of nitrogen functional groups attached to an aromatic ring is 1. The lowest BCUT2D eigenvalue weighted by molar-refractivity contribution is 0.0880. The van der Waals surface area contributed by atoms with Crippen molar-refractivity contribution in [2.45, 2.75) is 0 Å². The highest BCUT2D eigenvalue weighted by Gasteiger charge is 2.32. The Bertz CT molecular complexity index is 1530. The minimum atomic E-state index is -0.676. The molecule has 0 saturated heterocycles. The van der Waals surface area contributed by atoms with Gasteiger partial charge in [0, 0.05) is 27.4 Å². The summed E-state index contributed by atoms with van der Waals surface area (Å²) < 4.78 is 1.11. The van der Waals surface area contributed by atoms with Crippen molar-refractivity contribution in [3.63, 3.8) is 0 Å². The van der Waals surface area contributed by atoms with Gasteiger partial charge in [0.15, 0.2) is 5.43 Å². The number of nitrogens with two attached hydrogens (primary N) is 1. The molecule has 0 radical (unpaired) electrons. The number of H-pyrrole nitrogens is 1. The van der Waals surface area contributed by atoms with Crippen LogP contribution in [-0.4, -0.2) is 21.4 Å². The molecule has 0 saturated carbocycles. The number of anilines is 1. The molecule has 4 aromatic rings. The molecule has 0 atom stereocenters. The smallest absolute Gasteiger partial charge is 0.262 e. The molecule has 4 N–H and O–H groups in total. The van der Waals surface area contributed by atoms with Crippen LogP contribution in [0.25, 0.3) is 27.5 Å². The first-order valence-electron chi connectivity index (χ1n) is 8.52. The van der Waals surface area contributed by atoms with Crippen molar-refractivity contribution in [2.75, 3.05) is 5.73 Å². The Kier molecular flexibility index (Phi) is 3.44. The van der Waals surface area contributed by atoms with Crippen molar-refractivity contribution in [3.05, 3.63) is 79.2 Å². The zero-order valence-electron chi connectivity index (χ0n) is 14.6. The zero-order chi connectivity index (χ0) is 20.4. The predicted molar refractivity (Wildman–Crippen MR) is 109 cm³/mol. The largest absolute Gasteiger partial charge is 0.384 e. The van der Waals surface area contributed by atoms with Gasteiger partial charge in [-0.05, 0) is 30.3 Å². The Morgan fingerprint density at radius 2 is 1.72 bits per heavy atom. The number of rotatable bonds is 1. The third-order valence-corrected chi connectivity index (χ3v) is 5.20. The van der Waals surface area contributed by atoms with Gasteiger partial charge in [-0.25, -0.2) is 0 Å². The van der Waals surface area contributed by atoms with Crippen molar-refractivity contribution in [3.8, 4) is 5.69 Å². The maximum Gasteiger partial charge on any atom is 0.262 e. The number of fused-ring (bicyclic) bond motifs is 3. The standard InChI is InChI=1S/C20H11ClN4O4/c21-8-4-5-12-10(6-8)17(27)9-2-1-3-13(16(9)23-12)25-14(26)7-11-15(18(25)22)20(29)24-19(11)28/h1-7H,22H2,(H,23,27)(H,24,28,29). The first-order valence-corrected chi connectivity index (χ1v) is 8.90. The Hall–Kier alpha value is -3.91. The molecule has 142 valence electrons. The van der Waals surface area contributed by atoms with Crippen LogP contribution in [0.3, 0.4) is 0 Å². The van der Waals surface area contributed by atoms with E-state index < -0.39 is 17.4 Å². The number of aromatic nitrogens is 2. The van der Waals surface area contributed by atoms with Crippen LogP contribution in [0, 0.1) is 0 Å². The monoisotopic (exact) mass is 406 g/mol. The third kappa shape index (κ3) is 2.33. The molecule has 2 amide bonds. The summed E-state index contributed by atoms with van der Waals surface area (Å²) in [5.74, 6) is -1.53. The van der Waals surface area contributed by atoms with Crippen molar-refractivity contribution in [1.82, 2.24) is 14.9 Å². The summed E-state index contributed by atoms with van der Waals surface area (Å²) in [5.41, 5.74) is 6.30. The summed E-state index contributed by atoms with van der Waals surface area (Å²) in [6.07, 6.45) is 0. The molecule has 0 spiro atoms. The molecule has 0 bridgehead atoms. The minimum Gasteiger partial charge on any atom is -0.384 e. The maximum atomic E-state index is 13.0. The van der Waals surface area contributed by atoms with Crippen molar-refractivity contribution in [2.24, 2.45) is 0 Å². The number of hydrogen-bond donors (Lipinski definition) is 3. The molecule has 0 aliphatic carbocycles. The van der Waals surface area contributed by atoms with Crippen LogP contribution in [0.15, 0.2) is 52.1 Å². The van der Waals surface area contributed by atoms with Crippen molar-refractivity contribution >= 4 is 51.0 Å². The van der Waals surface area contributed by atoms with Gasteiger partial charge in [0.2, 0.25) is 0 Å². The fourth-order valence-electron chi connectivity index (χ4n) is 3.67. The molecular weight excluding hydrogens is 396 g/mol. The summed E-state index contributed by atoms with van der Waals surface area (Å²) in [4.78, 5) is 52.9. The summed E-state index contributed by atoms with van der Waals surface area (Å²) in [7, 11) is 0. The van der Waals surface area contributed by atoms with Crippen LogP contribution >= 0.6 is 11.6 Å². The number of carbonyl (C=O) groups is 2. The number of nitrogens with one attached hydrogen (secondary N) is 2. The second-order valence-electron chi connectivity index (χ2n) is 6.62. The van der Waals surface area contributed by atoms with E-state index in [0.717, 1.165) is 10.6 Å². The first kappa shape index (κ1) is 17.2. The number of pyridine rings is 2. The highest BCUT2D eigenvalue weighted by atomic mass is 35.5. The normalized spacial score (nSPS) is 13.1. The first-order chi connectivity index (χ1) is 13.9. The number of hydrogen-bond acceptors (Lipinski definition) is 5. The SMILES string of the molecule is Nc1c2c(cc(=O)n1-c1cccc3c(=O)c4cc(Cl)ccc4[nH]c13)C(=O)NC2=O. The summed E-state index contributed by atoms with van der Waals surface area (Å²) in [6, 6.07) is 10.7. The van der Waals surface area contributed by atoms with E-state index in [-0.39, 0.29) is 28.1 Å². The van der Waals surface area contributed by atoms with Crippen LogP contribution in [-0.2, 0) is 0 Å². The van der Waals surface area contributed by atoms with Crippen molar-refractivity contribution in [1.29, 1.82) is 0 Å². The second-order valence-corrected chi connectivity index (χ2v) is 7.06. The molecule has 29 heavy (non-hydrogen) atoms. The van der Waals surface area contributed by atoms with Crippen LogP contribution < -0.4 is 22.0 Å². The molecule has 2 aromatic heterocycles. The quantitative estimate of drug-likeness (QED) is 0.329. The van der Waals surface area contributed by atoms with E-state index in [1.807, 2.05) is 0 Å². The molecule has 5 rings (SSSR count). The van der Waals surface area contributed by atoms with Gasteiger partial charge in [-0.2, -0.15) is 0 Å². The van der Waals surface area contributed by atoms with Gasteiger partial charge >= 0.3 is 0 Å². The highest BCUT2D eigenvalue weighted by Crippen LogP contribution is 2.27. The number of benzene rings is 2. The fourth-order valence-corrected chi connectivity index (χ4v) is 3.84. The Morgan fingerprint density at radius 1 is 0.931 bits per heavy atom. The number of imide groups is 1. The number of aromatic amines is 1. The van der Waals surface area contributed by atoms with E-state index in [0.29, 0.717) is 26.8 Å². The lowest BCUT2D eigenvalue weighted by Crippen LogP contribution is -2.24. The lowest BCUT2D eigenvalue weighted by atomic mass is 10.1. The van der Waals surface area contributed by atoms with Gasteiger partial charge in [0.05, 0.1) is 22.3 Å². The van der Waals surface area contributed by atoms with Gasteiger partial charge < -0.3 is 10.7 Å². The van der Waals surface area contributed by atoms with E-state index in [4.69, 9.17) is 17.3 Å². The van der Waals surface area contributed by atoms with Gasteiger partial charge in [0.25, 0.3) is 17.4 Å². The zero-order valence-corrected chi connectivity index (χ0v) is 15.3. The predicted octanol–water partition coefficient (Wildman–Crippen LogP) is 1.95. The topological polar surface area (TPSA) is 127 Å². The molecule has 1 aliphatic heterocycles. The summed E-state index contributed by atoms with van der Waals surface area (Å²) in [6.45, 7) is 0. The van der Waals surface area contributed by atoms with E-state index >= 15 is 0 Å². The Balaban J connectivity index is 1.92. The number of para-hydroxylation sites is 1. The lowest BCUT2D eigenvalue weighted by Gasteiger charge is -2.14. The minimum absolute atomic E-state index is 0.0671. The Morgan fingerprint density at radius 3 is 2.52 bits per heavy atom. The van der Waals surface area contributed by atoms with E-state index in [1.165, 1.54) is 0 Å². The van der Waals surface area contributed by atoms with Crippen LogP contribution in [0.2, 0.25) is 5.02 Å². The molecule has 8 nitrogen and oxygen atoms in total. The third-order valence-electron chi connectivity index (χ3n) is 4.97. The van der Waals surface area contributed by atoms with Gasteiger partial charge in [-0.1, -0.05) is 17.7 Å². The van der Waals surface area contributed by atoms with E-state index in [9.17, 15) is 19.2 Å². The molecule has 0 unspecified atom stereocenters. The van der Waals surface area contributed by atoms with Gasteiger partial charge in [-0.3, -0.25) is 29.1 Å². The fraction of sp³-hybridized carbons (Fsp3) is 0. The van der Waals surface area contributed by atoms with E-state index in [2.05, 4.69) is 10.3 Å². The number of halogens is 1. The molecule has 0 fully saturated rings. The summed E-state index contributed by atoms with van der Waals surface area (Å²) >= 11 is 6.01. The Labute approximate surface area is 166 Å². The molecule has 1 aliphatic rings. The maximum absolute atomic E-state index is 13.0. The number of amides is 2. The second kappa shape index (κ2) is 5.79. The summed E-state index contributed by atoms with van der Waals surface area (Å²) in [5, 5.41) is 3.28. The molecule has 9 heteroatoms. The van der Waals surface area contributed by atoms with E-state index in [1.54, 1.807) is 36.4 Å². The van der Waals surface area contributed by atoms with Crippen LogP contribution in [0.4, 0.5) is 5.82 Å². The molecule has 2 aromatic carbocycles. The average Bonchev–Trinajstić information content (AvgIpc) is 2.96. The highest BCUT2D eigenvalue weighted by molar-refractivity contribution is 6.31. The van der Waals surface area contributed by atoms with Gasteiger partial charge in [-0.15, -0.1) is 0 Å². The van der Waals surface area contributed by atoms with Crippen LogP contribution in [0.5, 0.6) is 0 Å². The molecule has 3 heterocycles. The number of nitrogens with zero attached hydrogens (tertiary/aromatic N) is 1.